The monoisotopic (exact) mass is 192 g/mol. The molecule has 0 aliphatic carbocycles. The summed E-state index contributed by atoms with van der Waals surface area (Å²) in [6.07, 6.45) is 6.03. The summed E-state index contributed by atoms with van der Waals surface area (Å²) in [5.74, 6) is 0.916. The molecule has 0 radical (unpaired) electrons. The molecule has 4 nitrogen and oxygen atoms in total. The van der Waals surface area contributed by atoms with Gasteiger partial charge in [0.25, 0.3) is 0 Å². The van der Waals surface area contributed by atoms with Crippen molar-refractivity contribution < 1.29 is 0 Å². The third kappa shape index (κ3) is 2.67. The summed E-state index contributed by atoms with van der Waals surface area (Å²) < 4.78 is 0. The molecule has 1 aliphatic heterocycles. The number of rotatable bonds is 4. The molecule has 0 atom stereocenters. The Morgan fingerprint density at radius 1 is 1.36 bits per heavy atom. The Morgan fingerprint density at radius 2 is 2.21 bits per heavy atom. The zero-order chi connectivity index (χ0) is 9.64. The maximum atomic E-state index is 4.10. The molecule has 4 heteroatoms. The first-order valence-electron chi connectivity index (χ1n) is 5.17. The number of hydrogen-bond donors (Lipinski definition) is 1. The van der Waals surface area contributed by atoms with Crippen LogP contribution in [0, 0.1) is 0 Å². The van der Waals surface area contributed by atoms with Crippen molar-refractivity contribution in [3.63, 3.8) is 0 Å². The first-order chi connectivity index (χ1) is 6.95. The van der Waals surface area contributed by atoms with Crippen molar-refractivity contribution in [2.24, 2.45) is 0 Å². The lowest BCUT2D eigenvalue weighted by molar-refractivity contribution is 0.352. The SMILES string of the molecule is c1cc(NCCN2CCCC2)ncn1. The number of likely N-dealkylation sites (tertiary alicyclic amines) is 1. The van der Waals surface area contributed by atoms with E-state index in [4.69, 9.17) is 0 Å². The second-order valence-electron chi connectivity index (χ2n) is 3.57. The molecule has 2 heterocycles. The summed E-state index contributed by atoms with van der Waals surface area (Å²) in [6.45, 7) is 4.60. The molecule has 0 unspecified atom stereocenters. The Bertz CT molecular complexity index is 256. The molecule has 1 aliphatic rings. The number of aromatic nitrogens is 2. The summed E-state index contributed by atoms with van der Waals surface area (Å²) in [4.78, 5) is 10.5. The van der Waals surface area contributed by atoms with Crippen LogP contribution in [0.3, 0.4) is 0 Å². The van der Waals surface area contributed by atoms with E-state index in [1.54, 1.807) is 12.5 Å². The van der Waals surface area contributed by atoms with Crippen LogP contribution in [-0.2, 0) is 0 Å². The first kappa shape index (κ1) is 9.40. The molecule has 1 N–H and O–H groups in total. The van der Waals surface area contributed by atoms with E-state index in [1.165, 1.54) is 25.9 Å². The third-order valence-electron chi connectivity index (χ3n) is 2.51. The van der Waals surface area contributed by atoms with Crippen molar-refractivity contribution in [1.29, 1.82) is 0 Å². The summed E-state index contributed by atoms with van der Waals surface area (Å²) in [5, 5.41) is 3.28. The Hall–Kier alpha value is -1.16. The molecule has 14 heavy (non-hydrogen) atoms. The molecule has 1 aromatic heterocycles. The van der Waals surface area contributed by atoms with Gasteiger partial charge in [0.15, 0.2) is 0 Å². The van der Waals surface area contributed by atoms with Crippen LogP contribution in [-0.4, -0.2) is 41.0 Å². The summed E-state index contributed by atoms with van der Waals surface area (Å²) >= 11 is 0. The van der Waals surface area contributed by atoms with Crippen molar-refractivity contribution >= 4 is 5.82 Å². The summed E-state index contributed by atoms with van der Waals surface area (Å²) in [5.41, 5.74) is 0. The van der Waals surface area contributed by atoms with Crippen molar-refractivity contribution in [2.75, 3.05) is 31.5 Å². The fraction of sp³-hybridized carbons (Fsp3) is 0.600. The first-order valence-corrected chi connectivity index (χ1v) is 5.17. The quantitative estimate of drug-likeness (QED) is 0.772. The van der Waals surface area contributed by atoms with Gasteiger partial charge in [-0.25, -0.2) is 9.97 Å². The minimum absolute atomic E-state index is 0.916. The minimum atomic E-state index is 0.916. The van der Waals surface area contributed by atoms with E-state index in [0.29, 0.717) is 0 Å². The Balaban J connectivity index is 1.67. The highest BCUT2D eigenvalue weighted by molar-refractivity contribution is 5.31. The predicted octanol–water partition coefficient (Wildman–Crippen LogP) is 0.984. The van der Waals surface area contributed by atoms with E-state index in [9.17, 15) is 0 Å². The van der Waals surface area contributed by atoms with Crippen molar-refractivity contribution in [3.8, 4) is 0 Å². The van der Waals surface area contributed by atoms with Crippen LogP contribution in [0.5, 0.6) is 0 Å². The lowest BCUT2D eigenvalue weighted by atomic mass is 10.4. The maximum Gasteiger partial charge on any atom is 0.129 e. The average molecular weight is 192 g/mol. The third-order valence-corrected chi connectivity index (χ3v) is 2.51. The molecule has 1 saturated heterocycles. The zero-order valence-electron chi connectivity index (χ0n) is 8.32. The van der Waals surface area contributed by atoms with E-state index < -0.39 is 0 Å². The van der Waals surface area contributed by atoms with Gasteiger partial charge in [-0.3, -0.25) is 0 Å². The molecular formula is C10H16N4. The van der Waals surface area contributed by atoms with Gasteiger partial charge in [-0.15, -0.1) is 0 Å². The zero-order valence-corrected chi connectivity index (χ0v) is 8.32. The van der Waals surface area contributed by atoms with Gasteiger partial charge in [-0.1, -0.05) is 0 Å². The van der Waals surface area contributed by atoms with Gasteiger partial charge in [0.2, 0.25) is 0 Å². The predicted molar refractivity (Wildman–Crippen MR) is 56.2 cm³/mol. The molecule has 0 aromatic carbocycles. The van der Waals surface area contributed by atoms with Gasteiger partial charge >= 0.3 is 0 Å². The Labute approximate surface area is 84.4 Å². The number of hydrogen-bond acceptors (Lipinski definition) is 4. The molecule has 0 bridgehead atoms. The number of anilines is 1. The highest BCUT2D eigenvalue weighted by Gasteiger charge is 2.09. The summed E-state index contributed by atoms with van der Waals surface area (Å²) in [7, 11) is 0. The second-order valence-corrected chi connectivity index (χ2v) is 3.57. The van der Waals surface area contributed by atoms with Gasteiger partial charge in [-0.05, 0) is 32.0 Å². The van der Waals surface area contributed by atoms with E-state index in [0.717, 1.165) is 18.9 Å². The molecule has 0 spiro atoms. The van der Waals surface area contributed by atoms with Gasteiger partial charge in [0, 0.05) is 19.3 Å². The van der Waals surface area contributed by atoms with E-state index in [2.05, 4.69) is 20.2 Å². The van der Waals surface area contributed by atoms with Crippen LogP contribution in [0.2, 0.25) is 0 Å². The highest BCUT2D eigenvalue weighted by Crippen LogP contribution is 2.06. The normalized spacial score (nSPS) is 17.1. The van der Waals surface area contributed by atoms with Gasteiger partial charge in [0.05, 0.1) is 0 Å². The van der Waals surface area contributed by atoms with E-state index >= 15 is 0 Å². The molecule has 0 amide bonds. The van der Waals surface area contributed by atoms with E-state index in [1.807, 2.05) is 6.07 Å². The van der Waals surface area contributed by atoms with Crippen LogP contribution in [0.15, 0.2) is 18.6 Å². The molecule has 76 valence electrons. The van der Waals surface area contributed by atoms with E-state index in [-0.39, 0.29) is 0 Å². The molecule has 2 rings (SSSR count). The largest absolute Gasteiger partial charge is 0.369 e. The van der Waals surface area contributed by atoms with Crippen molar-refractivity contribution in [2.45, 2.75) is 12.8 Å². The van der Waals surface area contributed by atoms with Crippen LogP contribution < -0.4 is 5.32 Å². The maximum absolute atomic E-state index is 4.10. The second kappa shape index (κ2) is 4.91. The molecule has 0 saturated carbocycles. The minimum Gasteiger partial charge on any atom is -0.369 e. The number of nitrogens with zero attached hydrogens (tertiary/aromatic N) is 3. The van der Waals surface area contributed by atoms with Gasteiger partial charge < -0.3 is 10.2 Å². The lowest BCUT2D eigenvalue weighted by Gasteiger charge is -2.14. The Kier molecular flexibility index (Phi) is 3.29. The molecule has 1 aromatic rings. The summed E-state index contributed by atoms with van der Waals surface area (Å²) in [6, 6.07) is 1.89. The lowest BCUT2D eigenvalue weighted by Crippen LogP contribution is -2.26. The fourth-order valence-corrected chi connectivity index (χ4v) is 1.74. The van der Waals surface area contributed by atoms with Crippen LogP contribution in [0.1, 0.15) is 12.8 Å². The topological polar surface area (TPSA) is 41.0 Å². The van der Waals surface area contributed by atoms with Crippen LogP contribution in [0.4, 0.5) is 5.82 Å². The van der Waals surface area contributed by atoms with Crippen molar-refractivity contribution in [3.05, 3.63) is 18.6 Å². The van der Waals surface area contributed by atoms with Gasteiger partial charge in [-0.2, -0.15) is 0 Å². The average Bonchev–Trinajstić information content (AvgIpc) is 2.72. The highest BCUT2D eigenvalue weighted by atomic mass is 15.2. The van der Waals surface area contributed by atoms with Gasteiger partial charge in [0.1, 0.15) is 12.1 Å². The standard InChI is InChI=1S/C10H16N4/c1-2-7-14(6-1)8-5-12-10-3-4-11-9-13-10/h3-4,9H,1-2,5-8H2,(H,11,12,13). The molecular weight excluding hydrogens is 176 g/mol. The smallest absolute Gasteiger partial charge is 0.129 e. The fourth-order valence-electron chi connectivity index (χ4n) is 1.74. The molecule has 1 fully saturated rings. The Morgan fingerprint density at radius 3 is 2.93 bits per heavy atom. The number of nitrogens with one attached hydrogen (secondary N) is 1. The van der Waals surface area contributed by atoms with Crippen molar-refractivity contribution in [1.82, 2.24) is 14.9 Å². The van der Waals surface area contributed by atoms with Crippen LogP contribution in [0.25, 0.3) is 0 Å². The van der Waals surface area contributed by atoms with Crippen LogP contribution >= 0.6 is 0 Å².